The summed E-state index contributed by atoms with van der Waals surface area (Å²) in [5, 5.41) is 4.03. The molecule has 186 valence electrons. The van der Waals surface area contributed by atoms with Crippen molar-refractivity contribution in [1.29, 1.82) is 0 Å². The molecular formula is C27H33ClN4O3. The van der Waals surface area contributed by atoms with Crippen LogP contribution in [0.5, 0.6) is 0 Å². The lowest BCUT2D eigenvalue weighted by Crippen LogP contribution is -2.28. The number of hydrazone groups is 1. The Bertz CT molecular complexity index is 1150. The Morgan fingerprint density at radius 2 is 1.71 bits per heavy atom. The number of aromatic nitrogens is 1. The van der Waals surface area contributed by atoms with Gasteiger partial charge in [-0.25, -0.2) is 10.2 Å². The van der Waals surface area contributed by atoms with Crippen molar-refractivity contribution >= 4 is 35.9 Å². The molecule has 8 heteroatoms. The van der Waals surface area contributed by atoms with Gasteiger partial charge in [0.1, 0.15) is 6.04 Å². The summed E-state index contributed by atoms with van der Waals surface area (Å²) >= 11 is 5.96. The van der Waals surface area contributed by atoms with Crippen molar-refractivity contribution in [3.8, 4) is 11.3 Å². The molecule has 0 saturated heterocycles. The number of hydrogen-bond acceptors (Lipinski definition) is 5. The van der Waals surface area contributed by atoms with E-state index in [2.05, 4.69) is 53.3 Å². The van der Waals surface area contributed by atoms with Crippen LogP contribution in [0.3, 0.4) is 0 Å². The second kappa shape index (κ2) is 12.8. The summed E-state index contributed by atoms with van der Waals surface area (Å²) < 4.78 is 6.89. The molecular weight excluding hydrogens is 464 g/mol. The molecule has 35 heavy (non-hydrogen) atoms. The van der Waals surface area contributed by atoms with Crippen LogP contribution in [0.1, 0.15) is 41.5 Å². The molecule has 1 aromatic heterocycles. The van der Waals surface area contributed by atoms with Crippen LogP contribution in [-0.4, -0.2) is 43.9 Å². The Morgan fingerprint density at radius 3 is 2.23 bits per heavy atom. The molecule has 0 aliphatic carbocycles. The highest BCUT2D eigenvalue weighted by Gasteiger charge is 2.25. The minimum absolute atomic E-state index is 0.274. The van der Waals surface area contributed by atoms with E-state index in [4.69, 9.17) is 16.3 Å². The number of carbonyl (C=O) groups is 2. The van der Waals surface area contributed by atoms with Gasteiger partial charge in [0.25, 0.3) is 5.91 Å². The minimum atomic E-state index is -0.598. The number of esters is 1. The molecule has 0 spiro atoms. The number of anilines is 1. The van der Waals surface area contributed by atoms with Gasteiger partial charge in [-0.2, -0.15) is 5.10 Å². The predicted octanol–water partition coefficient (Wildman–Crippen LogP) is 5.65. The average Bonchev–Trinajstić information content (AvgIpc) is 3.17. The summed E-state index contributed by atoms with van der Waals surface area (Å²) in [6, 6.07) is 16.8. The fourth-order valence-electron chi connectivity index (χ4n) is 3.51. The zero-order valence-electron chi connectivity index (χ0n) is 21.1. The van der Waals surface area contributed by atoms with Gasteiger partial charge in [-0.05, 0) is 63.6 Å². The van der Waals surface area contributed by atoms with Gasteiger partial charge in [0.2, 0.25) is 0 Å². The highest BCUT2D eigenvalue weighted by molar-refractivity contribution is 6.30. The topological polar surface area (TPSA) is 75.9 Å². The number of amides is 1. The third kappa shape index (κ3) is 7.20. The van der Waals surface area contributed by atoms with E-state index in [-0.39, 0.29) is 12.5 Å². The van der Waals surface area contributed by atoms with E-state index in [1.54, 1.807) is 43.5 Å². The summed E-state index contributed by atoms with van der Waals surface area (Å²) in [5.74, 6) is -0.761. The molecule has 0 aliphatic rings. The number of rotatable bonds is 7. The fourth-order valence-corrected chi connectivity index (χ4v) is 3.64. The van der Waals surface area contributed by atoms with Crippen LogP contribution in [0.4, 0.5) is 5.69 Å². The second-order valence-corrected chi connectivity index (χ2v) is 8.60. The molecule has 7 nitrogen and oxygen atoms in total. The van der Waals surface area contributed by atoms with E-state index >= 15 is 0 Å². The van der Waals surface area contributed by atoms with Crippen LogP contribution in [0.2, 0.25) is 5.02 Å². The Hall–Kier alpha value is -3.58. The van der Waals surface area contributed by atoms with Gasteiger partial charge in [-0.15, -0.1) is 0 Å². The van der Waals surface area contributed by atoms with E-state index in [1.165, 1.54) is 11.3 Å². The van der Waals surface area contributed by atoms with Crippen molar-refractivity contribution in [2.45, 2.75) is 33.7 Å². The Morgan fingerprint density at radius 1 is 1.11 bits per heavy atom. The van der Waals surface area contributed by atoms with Gasteiger partial charge in [0.05, 0.1) is 12.2 Å². The minimum Gasteiger partial charge on any atom is -0.462 e. The zero-order chi connectivity index (χ0) is 26.1. The molecule has 1 amide bonds. The fraction of sp³-hybridized carbons (Fsp3) is 0.296. The molecule has 0 aliphatic heterocycles. The SMILES string of the molecule is C=NNC(=O)C(C)n1c(-c2ccc(Cl)cc2)cc(C(=O)OCC)c1C.Cc1ccc(N(C)C)cc1. The van der Waals surface area contributed by atoms with E-state index < -0.39 is 12.0 Å². The van der Waals surface area contributed by atoms with Crippen molar-refractivity contribution < 1.29 is 14.3 Å². The molecule has 1 N–H and O–H groups in total. The maximum atomic E-state index is 12.2. The van der Waals surface area contributed by atoms with Crippen LogP contribution >= 0.6 is 11.6 Å². The number of aryl methyl sites for hydroxylation is 1. The smallest absolute Gasteiger partial charge is 0.339 e. The Balaban J connectivity index is 0.000000360. The van der Waals surface area contributed by atoms with Crippen LogP contribution in [0, 0.1) is 13.8 Å². The number of nitrogens with one attached hydrogen (secondary N) is 1. The molecule has 3 aromatic rings. The number of halogens is 1. The van der Waals surface area contributed by atoms with Crippen LogP contribution in [0.15, 0.2) is 59.7 Å². The number of hydrogen-bond donors (Lipinski definition) is 1. The van der Waals surface area contributed by atoms with Crippen molar-refractivity contribution in [1.82, 2.24) is 9.99 Å². The van der Waals surface area contributed by atoms with Gasteiger partial charge in [-0.3, -0.25) is 4.79 Å². The van der Waals surface area contributed by atoms with Gasteiger partial charge in [-0.1, -0.05) is 41.4 Å². The third-order valence-electron chi connectivity index (χ3n) is 5.43. The summed E-state index contributed by atoms with van der Waals surface area (Å²) in [6.45, 7) is 10.9. The predicted molar refractivity (Wildman–Crippen MR) is 143 cm³/mol. The molecule has 2 aromatic carbocycles. The Labute approximate surface area is 212 Å². The van der Waals surface area contributed by atoms with Crippen molar-refractivity contribution in [2.75, 3.05) is 25.6 Å². The first-order chi connectivity index (χ1) is 16.6. The van der Waals surface area contributed by atoms with Gasteiger partial charge in [0, 0.05) is 42.9 Å². The first-order valence-corrected chi connectivity index (χ1v) is 11.6. The summed E-state index contributed by atoms with van der Waals surface area (Å²) in [5.41, 5.74) is 7.49. The molecule has 1 atom stereocenters. The van der Waals surface area contributed by atoms with Crippen molar-refractivity contribution in [3.63, 3.8) is 0 Å². The van der Waals surface area contributed by atoms with Crippen LogP contribution < -0.4 is 10.3 Å². The van der Waals surface area contributed by atoms with Crippen molar-refractivity contribution in [3.05, 3.63) is 76.4 Å². The molecule has 0 radical (unpaired) electrons. The second-order valence-electron chi connectivity index (χ2n) is 8.17. The number of ether oxygens (including phenoxy) is 1. The highest BCUT2D eigenvalue weighted by atomic mass is 35.5. The molecule has 0 fully saturated rings. The maximum absolute atomic E-state index is 12.2. The largest absolute Gasteiger partial charge is 0.462 e. The van der Waals surface area contributed by atoms with Crippen LogP contribution in [-0.2, 0) is 9.53 Å². The standard InChI is InChI=1S/C18H20ClN3O3.C9H13N/c1-5-25-18(24)15-10-16(13-6-8-14(19)9-7-13)22(11(15)2)12(3)17(23)21-20-4;1-8-4-6-9(7-5-8)10(2)3/h6-10,12H,4-5H2,1-3H3,(H,21,23);4-7H,1-3H3. The molecule has 0 saturated carbocycles. The van der Waals surface area contributed by atoms with E-state index in [9.17, 15) is 9.59 Å². The van der Waals surface area contributed by atoms with E-state index in [0.29, 0.717) is 22.0 Å². The lowest BCUT2D eigenvalue weighted by molar-refractivity contribution is -0.123. The summed E-state index contributed by atoms with van der Waals surface area (Å²) in [6.07, 6.45) is 0. The van der Waals surface area contributed by atoms with Gasteiger partial charge >= 0.3 is 5.97 Å². The molecule has 1 heterocycles. The van der Waals surface area contributed by atoms with E-state index in [1.807, 2.05) is 26.2 Å². The first-order valence-electron chi connectivity index (χ1n) is 11.2. The molecule has 0 bridgehead atoms. The van der Waals surface area contributed by atoms with Gasteiger partial charge in [0.15, 0.2) is 0 Å². The number of benzene rings is 2. The highest BCUT2D eigenvalue weighted by Crippen LogP contribution is 2.31. The van der Waals surface area contributed by atoms with Crippen LogP contribution in [0.25, 0.3) is 11.3 Å². The summed E-state index contributed by atoms with van der Waals surface area (Å²) in [4.78, 5) is 26.6. The number of carbonyl (C=O) groups excluding carboxylic acids is 2. The normalized spacial score (nSPS) is 11.1. The average molecular weight is 497 g/mol. The lowest BCUT2D eigenvalue weighted by atomic mass is 10.1. The monoisotopic (exact) mass is 496 g/mol. The summed E-state index contributed by atoms with van der Waals surface area (Å²) in [7, 11) is 4.09. The van der Waals surface area contributed by atoms with Crippen molar-refractivity contribution in [2.24, 2.45) is 5.10 Å². The maximum Gasteiger partial charge on any atom is 0.339 e. The quantitative estimate of drug-likeness (QED) is 0.260. The number of nitrogens with zero attached hydrogens (tertiary/aromatic N) is 3. The van der Waals surface area contributed by atoms with Gasteiger partial charge < -0.3 is 14.2 Å². The lowest BCUT2D eigenvalue weighted by Gasteiger charge is -2.18. The third-order valence-corrected chi connectivity index (χ3v) is 5.69. The van der Waals surface area contributed by atoms with E-state index in [0.717, 1.165) is 5.56 Å². The zero-order valence-corrected chi connectivity index (χ0v) is 21.9. The molecule has 3 rings (SSSR count). The first kappa shape index (κ1) is 27.7. The Kier molecular flexibility index (Phi) is 10.1. The molecule has 1 unspecified atom stereocenters.